The molecular weight excluding hydrogens is 332 g/mol. The molecule has 25 heavy (non-hydrogen) atoms. The standard InChI is InChI=1S/C22H17ClO2/c23-20-8-4-7-19(15-20)22(24)14-11-17-9-12-21(13-10-17)25-16-18-5-2-1-3-6-18/h1-15H,16H2/b14-11-. The first-order valence-electron chi connectivity index (χ1n) is 7.95. The summed E-state index contributed by atoms with van der Waals surface area (Å²) >= 11 is 5.91. The molecule has 0 aromatic heterocycles. The van der Waals surface area contributed by atoms with Crippen LogP contribution in [0.4, 0.5) is 0 Å². The number of carbonyl (C=O) groups is 1. The first kappa shape index (κ1) is 17.0. The van der Waals surface area contributed by atoms with E-state index in [2.05, 4.69) is 0 Å². The molecule has 0 aliphatic heterocycles. The largest absolute Gasteiger partial charge is 0.489 e. The van der Waals surface area contributed by atoms with E-state index in [4.69, 9.17) is 16.3 Å². The minimum atomic E-state index is -0.0769. The maximum atomic E-state index is 12.1. The Morgan fingerprint density at radius 1 is 0.920 bits per heavy atom. The molecule has 0 amide bonds. The molecule has 0 spiro atoms. The summed E-state index contributed by atoms with van der Waals surface area (Å²) < 4.78 is 5.75. The lowest BCUT2D eigenvalue weighted by molar-refractivity contribution is 0.104. The van der Waals surface area contributed by atoms with Crippen LogP contribution in [0.25, 0.3) is 6.08 Å². The molecule has 124 valence electrons. The molecule has 0 fully saturated rings. The molecule has 0 aliphatic carbocycles. The molecule has 0 radical (unpaired) electrons. The lowest BCUT2D eigenvalue weighted by Crippen LogP contribution is -1.95. The molecule has 0 N–H and O–H groups in total. The highest BCUT2D eigenvalue weighted by Crippen LogP contribution is 2.16. The minimum absolute atomic E-state index is 0.0769. The molecule has 0 aliphatic rings. The third-order valence-corrected chi connectivity index (χ3v) is 3.90. The lowest BCUT2D eigenvalue weighted by atomic mass is 10.1. The van der Waals surface area contributed by atoms with Gasteiger partial charge < -0.3 is 4.74 Å². The second-order valence-corrected chi connectivity index (χ2v) is 5.99. The van der Waals surface area contributed by atoms with Gasteiger partial charge in [0.15, 0.2) is 5.78 Å². The number of halogens is 1. The Morgan fingerprint density at radius 3 is 2.40 bits per heavy atom. The second kappa shape index (κ2) is 8.32. The van der Waals surface area contributed by atoms with Crippen molar-refractivity contribution in [2.24, 2.45) is 0 Å². The number of carbonyl (C=O) groups excluding carboxylic acids is 1. The van der Waals surface area contributed by atoms with Crippen molar-refractivity contribution in [2.75, 3.05) is 0 Å². The summed E-state index contributed by atoms with van der Waals surface area (Å²) in [5.74, 6) is 0.717. The molecule has 0 saturated carbocycles. The van der Waals surface area contributed by atoms with E-state index < -0.39 is 0 Å². The van der Waals surface area contributed by atoms with Gasteiger partial charge in [0.25, 0.3) is 0 Å². The van der Waals surface area contributed by atoms with Crippen molar-refractivity contribution in [1.29, 1.82) is 0 Å². The van der Waals surface area contributed by atoms with Gasteiger partial charge in [0, 0.05) is 10.6 Å². The Bertz CT molecular complexity index is 868. The Hall–Kier alpha value is -2.84. The monoisotopic (exact) mass is 348 g/mol. The van der Waals surface area contributed by atoms with Gasteiger partial charge in [-0.2, -0.15) is 0 Å². The molecule has 3 aromatic rings. The van der Waals surface area contributed by atoms with Crippen LogP contribution in [0.2, 0.25) is 5.02 Å². The van der Waals surface area contributed by atoms with Crippen LogP contribution in [-0.4, -0.2) is 5.78 Å². The average Bonchev–Trinajstić information content (AvgIpc) is 2.66. The second-order valence-electron chi connectivity index (χ2n) is 5.55. The summed E-state index contributed by atoms with van der Waals surface area (Å²) in [4.78, 5) is 12.1. The van der Waals surface area contributed by atoms with Gasteiger partial charge in [-0.1, -0.05) is 72.3 Å². The maximum Gasteiger partial charge on any atom is 0.185 e. The van der Waals surface area contributed by atoms with Crippen LogP contribution < -0.4 is 4.74 Å². The fraction of sp³-hybridized carbons (Fsp3) is 0.0455. The van der Waals surface area contributed by atoms with E-state index in [1.807, 2.05) is 54.6 Å². The summed E-state index contributed by atoms with van der Waals surface area (Å²) in [7, 11) is 0. The van der Waals surface area contributed by atoms with Crippen LogP contribution in [0.3, 0.4) is 0 Å². The first-order valence-corrected chi connectivity index (χ1v) is 8.33. The van der Waals surface area contributed by atoms with Gasteiger partial charge >= 0.3 is 0 Å². The number of benzene rings is 3. The van der Waals surface area contributed by atoms with E-state index in [1.165, 1.54) is 0 Å². The summed E-state index contributed by atoms with van der Waals surface area (Å²) in [5, 5.41) is 0.555. The van der Waals surface area contributed by atoms with Crippen molar-refractivity contribution >= 4 is 23.5 Å². The van der Waals surface area contributed by atoms with Crippen molar-refractivity contribution in [2.45, 2.75) is 6.61 Å². The van der Waals surface area contributed by atoms with Gasteiger partial charge in [-0.25, -0.2) is 0 Å². The third kappa shape index (κ3) is 5.07. The highest BCUT2D eigenvalue weighted by Gasteiger charge is 2.02. The number of ether oxygens (including phenoxy) is 1. The highest BCUT2D eigenvalue weighted by molar-refractivity contribution is 6.31. The quantitative estimate of drug-likeness (QED) is 0.414. The van der Waals surface area contributed by atoms with E-state index >= 15 is 0 Å². The van der Waals surface area contributed by atoms with Crippen molar-refractivity contribution in [3.05, 3.63) is 107 Å². The number of rotatable bonds is 6. The van der Waals surface area contributed by atoms with E-state index in [-0.39, 0.29) is 5.78 Å². The molecule has 3 heteroatoms. The molecule has 0 saturated heterocycles. The summed E-state index contributed by atoms with van der Waals surface area (Å²) in [6.45, 7) is 0.531. The zero-order valence-electron chi connectivity index (χ0n) is 13.6. The molecular formula is C22H17ClO2. The van der Waals surface area contributed by atoms with Crippen molar-refractivity contribution < 1.29 is 9.53 Å². The highest BCUT2D eigenvalue weighted by atomic mass is 35.5. The van der Waals surface area contributed by atoms with Crippen LogP contribution in [0, 0.1) is 0 Å². The van der Waals surface area contributed by atoms with Gasteiger partial charge in [-0.05, 0) is 41.5 Å². The van der Waals surface area contributed by atoms with Gasteiger partial charge in [-0.15, -0.1) is 0 Å². The first-order chi connectivity index (χ1) is 12.2. The maximum absolute atomic E-state index is 12.1. The molecule has 3 aromatic carbocycles. The fourth-order valence-electron chi connectivity index (χ4n) is 2.33. The van der Waals surface area contributed by atoms with Crippen LogP contribution in [0.1, 0.15) is 21.5 Å². The Labute approximate surface area is 152 Å². The van der Waals surface area contributed by atoms with Crippen molar-refractivity contribution in [3.8, 4) is 5.75 Å². The number of hydrogen-bond donors (Lipinski definition) is 0. The van der Waals surface area contributed by atoms with Gasteiger partial charge in [0.1, 0.15) is 12.4 Å². The fourth-order valence-corrected chi connectivity index (χ4v) is 2.52. The third-order valence-electron chi connectivity index (χ3n) is 3.66. The minimum Gasteiger partial charge on any atom is -0.489 e. The topological polar surface area (TPSA) is 26.3 Å². The zero-order chi connectivity index (χ0) is 17.5. The summed E-state index contributed by atoms with van der Waals surface area (Å²) in [6.07, 6.45) is 3.33. The number of ketones is 1. The van der Waals surface area contributed by atoms with E-state index in [0.29, 0.717) is 17.2 Å². The van der Waals surface area contributed by atoms with Crippen LogP contribution in [0.5, 0.6) is 5.75 Å². The summed E-state index contributed by atoms with van der Waals surface area (Å²) in [6, 6.07) is 24.6. The smallest absolute Gasteiger partial charge is 0.185 e. The van der Waals surface area contributed by atoms with E-state index in [1.54, 1.807) is 36.4 Å². The number of allylic oxidation sites excluding steroid dienone is 1. The van der Waals surface area contributed by atoms with Gasteiger partial charge in [0.05, 0.1) is 0 Å². The Balaban J connectivity index is 1.59. The predicted molar refractivity (Wildman–Crippen MR) is 102 cm³/mol. The summed E-state index contributed by atoms with van der Waals surface area (Å²) in [5.41, 5.74) is 2.63. The van der Waals surface area contributed by atoms with Gasteiger partial charge in [0.2, 0.25) is 0 Å². The SMILES string of the molecule is O=C(/C=C\c1ccc(OCc2ccccc2)cc1)c1cccc(Cl)c1. The molecule has 2 nitrogen and oxygen atoms in total. The normalized spacial score (nSPS) is 10.8. The van der Waals surface area contributed by atoms with E-state index in [0.717, 1.165) is 16.9 Å². The number of hydrogen-bond acceptors (Lipinski definition) is 2. The molecule has 0 atom stereocenters. The Kier molecular flexibility index (Phi) is 5.65. The van der Waals surface area contributed by atoms with E-state index in [9.17, 15) is 4.79 Å². The molecule has 0 unspecified atom stereocenters. The zero-order valence-corrected chi connectivity index (χ0v) is 14.3. The Morgan fingerprint density at radius 2 is 1.68 bits per heavy atom. The molecule has 0 bridgehead atoms. The van der Waals surface area contributed by atoms with Crippen molar-refractivity contribution in [1.82, 2.24) is 0 Å². The predicted octanol–water partition coefficient (Wildman–Crippen LogP) is 5.82. The van der Waals surface area contributed by atoms with Gasteiger partial charge in [-0.3, -0.25) is 4.79 Å². The van der Waals surface area contributed by atoms with Crippen molar-refractivity contribution in [3.63, 3.8) is 0 Å². The molecule has 3 rings (SSSR count). The lowest BCUT2D eigenvalue weighted by Gasteiger charge is -2.06. The van der Waals surface area contributed by atoms with Crippen LogP contribution in [-0.2, 0) is 6.61 Å². The molecule has 0 heterocycles. The average molecular weight is 349 g/mol. The van der Waals surface area contributed by atoms with Crippen LogP contribution >= 0.6 is 11.6 Å². The van der Waals surface area contributed by atoms with Crippen LogP contribution in [0.15, 0.2) is 84.9 Å².